The van der Waals surface area contributed by atoms with Gasteiger partial charge in [0.2, 0.25) is 0 Å². The number of carbonyl (C=O) groups is 2. The molecule has 5 rings (SSSR count). The van der Waals surface area contributed by atoms with Gasteiger partial charge in [-0.2, -0.15) is 0 Å². The van der Waals surface area contributed by atoms with Crippen molar-refractivity contribution in [2.75, 3.05) is 0 Å². The van der Waals surface area contributed by atoms with E-state index in [9.17, 15) is 9.59 Å². The van der Waals surface area contributed by atoms with E-state index in [1.807, 2.05) is 0 Å². The third-order valence-corrected chi connectivity index (χ3v) is 5.68. The molecule has 0 unspecified atom stereocenters. The molecule has 8 heteroatoms. The molecule has 0 aromatic carbocycles. The normalized spacial score (nSPS) is 21.0. The SMILES string of the molecule is O=C(NC1CC(NC(=O)c2ncnc3[nH]ccc23)C1)c1coc2c1CCCC2. The van der Waals surface area contributed by atoms with Crippen LogP contribution in [0.3, 0.4) is 0 Å². The summed E-state index contributed by atoms with van der Waals surface area (Å²) in [4.78, 5) is 36.3. The molecule has 3 aromatic rings. The van der Waals surface area contributed by atoms with Gasteiger partial charge in [-0.3, -0.25) is 9.59 Å². The monoisotopic (exact) mass is 379 g/mol. The molecule has 0 atom stereocenters. The van der Waals surface area contributed by atoms with E-state index in [1.54, 1.807) is 18.5 Å². The van der Waals surface area contributed by atoms with Crippen molar-refractivity contribution in [3.8, 4) is 0 Å². The van der Waals surface area contributed by atoms with Gasteiger partial charge in [-0.25, -0.2) is 9.97 Å². The predicted molar refractivity (Wildman–Crippen MR) is 101 cm³/mol. The summed E-state index contributed by atoms with van der Waals surface area (Å²) in [6.45, 7) is 0. The second kappa shape index (κ2) is 6.78. The van der Waals surface area contributed by atoms with Gasteiger partial charge in [0.05, 0.1) is 10.9 Å². The molecule has 0 saturated heterocycles. The lowest BCUT2D eigenvalue weighted by atomic mass is 9.86. The molecule has 3 aromatic heterocycles. The van der Waals surface area contributed by atoms with Crippen molar-refractivity contribution < 1.29 is 14.0 Å². The molecule has 0 aliphatic heterocycles. The van der Waals surface area contributed by atoms with Crippen LogP contribution in [0.4, 0.5) is 0 Å². The summed E-state index contributed by atoms with van der Waals surface area (Å²) in [5, 5.41) is 6.75. The number of H-pyrrole nitrogens is 1. The van der Waals surface area contributed by atoms with E-state index in [2.05, 4.69) is 25.6 Å². The van der Waals surface area contributed by atoms with Gasteiger partial charge in [-0.1, -0.05) is 0 Å². The largest absolute Gasteiger partial charge is 0.468 e. The minimum absolute atomic E-state index is 0.0278. The molecule has 2 aliphatic rings. The Morgan fingerprint density at radius 2 is 1.86 bits per heavy atom. The van der Waals surface area contributed by atoms with Crippen LogP contribution < -0.4 is 10.6 Å². The van der Waals surface area contributed by atoms with E-state index < -0.39 is 0 Å². The molecule has 1 fully saturated rings. The van der Waals surface area contributed by atoms with Crippen LogP contribution in [0.25, 0.3) is 11.0 Å². The Balaban J connectivity index is 1.17. The number of hydrogen-bond acceptors (Lipinski definition) is 5. The highest BCUT2D eigenvalue weighted by molar-refractivity contribution is 6.03. The molecular weight excluding hydrogens is 358 g/mol. The van der Waals surface area contributed by atoms with Crippen LogP contribution in [-0.4, -0.2) is 38.8 Å². The molecule has 2 aliphatic carbocycles. The van der Waals surface area contributed by atoms with E-state index >= 15 is 0 Å². The average molecular weight is 379 g/mol. The molecule has 144 valence electrons. The van der Waals surface area contributed by atoms with Crippen LogP contribution >= 0.6 is 0 Å². The highest BCUT2D eigenvalue weighted by Crippen LogP contribution is 2.27. The molecule has 28 heavy (non-hydrogen) atoms. The predicted octanol–water partition coefficient (Wildman–Crippen LogP) is 2.12. The number of aryl methyl sites for hydroxylation is 1. The van der Waals surface area contributed by atoms with Crippen molar-refractivity contribution in [2.45, 2.75) is 50.6 Å². The van der Waals surface area contributed by atoms with Crippen molar-refractivity contribution in [1.29, 1.82) is 0 Å². The quantitative estimate of drug-likeness (QED) is 0.643. The molecule has 0 bridgehead atoms. The first-order valence-electron chi connectivity index (χ1n) is 9.68. The molecule has 2 amide bonds. The minimum Gasteiger partial charge on any atom is -0.468 e. The van der Waals surface area contributed by atoms with Crippen molar-refractivity contribution in [3.05, 3.63) is 47.4 Å². The highest BCUT2D eigenvalue weighted by atomic mass is 16.3. The van der Waals surface area contributed by atoms with Crippen LogP contribution in [0.1, 0.15) is 57.9 Å². The lowest BCUT2D eigenvalue weighted by Gasteiger charge is -2.36. The summed E-state index contributed by atoms with van der Waals surface area (Å²) in [6.07, 6.45) is 10.2. The summed E-state index contributed by atoms with van der Waals surface area (Å²) < 4.78 is 5.56. The molecule has 0 spiro atoms. The number of amides is 2. The number of carbonyl (C=O) groups excluding carboxylic acids is 2. The fraction of sp³-hybridized carbons (Fsp3) is 0.400. The molecule has 0 radical (unpaired) electrons. The zero-order valence-electron chi connectivity index (χ0n) is 15.3. The second-order valence-corrected chi connectivity index (χ2v) is 7.53. The van der Waals surface area contributed by atoms with Crippen molar-refractivity contribution in [2.24, 2.45) is 0 Å². The Morgan fingerprint density at radius 1 is 1.07 bits per heavy atom. The summed E-state index contributed by atoms with van der Waals surface area (Å²) in [7, 11) is 0. The lowest BCUT2D eigenvalue weighted by molar-refractivity contribution is 0.0860. The standard InChI is InChI=1S/C20H21N5O3/c26-19(15-9-28-16-4-2-1-3-13(15)16)24-11-7-12(8-11)25-20(27)17-14-5-6-21-18(14)23-10-22-17/h5-6,9-12H,1-4,7-8H2,(H,24,26)(H,25,27)(H,21,22,23). The summed E-state index contributed by atoms with van der Waals surface area (Å²) in [5.41, 5.74) is 2.73. The van der Waals surface area contributed by atoms with Crippen LogP contribution in [-0.2, 0) is 12.8 Å². The van der Waals surface area contributed by atoms with Gasteiger partial charge in [0, 0.05) is 30.3 Å². The number of rotatable bonds is 4. The Morgan fingerprint density at radius 3 is 2.71 bits per heavy atom. The van der Waals surface area contributed by atoms with Gasteiger partial charge < -0.3 is 20.0 Å². The van der Waals surface area contributed by atoms with Crippen LogP contribution in [0.2, 0.25) is 0 Å². The number of nitrogens with zero attached hydrogens (tertiary/aromatic N) is 2. The fourth-order valence-electron chi connectivity index (χ4n) is 4.11. The number of hydrogen-bond donors (Lipinski definition) is 3. The second-order valence-electron chi connectivity index (χ2n) is 7.53. The van der Waals surface area contributed by atoms with Gasteiger partial charge in [0.25, 0.3) is 11.8 Å². The number of furan rings is 1. The first-order chi connectivity index (χ1) is 13.7. The minimum atomic E-state index is -0.217. The number of nitrogens with one attached hydrogen (secondary N) is 3. The van der Waals surface area contributed by atoms with Crippen molar-refractivity contribution in [3.63, 3.8) is 0 Å². The van der Waals surface area contributed by atoms with Gasteiger partial charge in [-0.05, 0) is 38.2 Å². The van der Waals surface area contributed by atoms with Crippen molar-refractivity contribution in [1.82, 2.24) is 25.6 Å². The number of fused-ring (bicyclic) bond motifs is 2. The summed E-state index contributed by atoms with van der Waals surface area (Å²) in [6, 6.07) is 1.88. The van der Waals surface area contributed by atoms with Crippen LogP contribution in [0.15, 0.2) is 29.3 Å². The molecule has 1 saturated carbocycles. The smallest absolute Gasteiger partial charge is 0.270 e. The Hall–Kier alpha value is -3.16. The summed E-state index contributed by atoms with van der Waals surface area (Å²) in [5.74, 6) is 0.660. The maximum absolute atomic E-state index is 12.6. The van der Waals surface area contributed by atoms with Gasteiger partial charge in [0.15, 0.2) is 0 Å². The lowest BCUT2D eigenvalue weighted by Crippen LogP contribution is -2.53. The van der Waals surface area contributed by atoms with E-state index in [1.165, 1.54) is 6.33 Å². The highest BCUT2D eigenvalue weighted by Gasteiger charge is 2.33. The van der Waals surface area contributed by atoms with E-state index in [-0.39, 0.29) is 23.9 Å². The molecule has 8 nitrogen and oxygen atoms in total. The first-order valence-corrected chi connectivity index (χ1v) is 9.68. The maximum atomic E-state index is 12.6. The Kier molecular flexibility index (Phi) is 4.11. The number of aromatic amines is 1. The first kappa shape index (κ1) is 17.0. The summed E-state index contributed by atoms with van der Waals surface area (Å²) >= 11 is 0. The van der Waals surface area contributed by atoms with Crippen LogP contribution in [0, 0.1) is 0 Å². The van der Waals surface area contributed by atoms with E-state index in [0.29, 0.717) is 35.1 Å². The van der Waals surface area contributed by atoms with Crippen LogP contribution in [0.5, 0.6) is 0 Å². The third kappa shape index (κ3) is 2.94. The average Bonchev–Trinajstić information content (AvgIpc) is 3.32. The molecule has 3 N–H and O–H groups in total. The van der Waals surface area contributed by atoms with E-state index in [4.69, 9.17) is 4.42 Å². The zero-order valence-corrected chi connectivity index (χ0v) is 15.3. The Labute approximate surface area is 161 Å². The topological polar surface area (TPSA) is 113 Å². The van der Waals surface area contributed by atoms with E-state index in [0.717, 1.165) is 37.0 Å². The van der Waals surface area contributed by atoms with Gasteiger partial charge in [0.1, 0.15) is 29.7 Å². The van der Waals surface area contributed by atoms with Crippen molar-refractivity contribution >= 4 is 22.8 Å². The van der Waals surface area contributed by atoms with Gasteiger partial charge in [-0.15, -0.1) is 0 Å². The Bertz CT molecular complexity index is 1050. The maximum Gasteiger partial charge on any atom is 0.270 e. The molecule has 3 heterocycles. The third-order valence-electron chi connectivity index (χ3n) is 5.68. The van der Waals surface area contributed by atoms with Gasteiger partial charge >= 0.3 is 0 Å². The fourth-order valence-corrected chi connectivity index (χ4v) is 4.11. The number of aromatic nitrogens is 3. The molecular formula is C20H21N5O3. The zero-order chi connectivity index (χ0) is 19.1.